The molecule has 1 heteroatoms. The zero-order valence-electron chi connectivity index (χ0n) is 14.0. The first-order valence-electron chi connectivity index (χ1n) is 8.51. The van der Waals surface area contributed by atoms with Crippen LogP contribution in [-0.2, 0) is 0 Å². The first kappa shape index (κ1) is 16.2. The second kappa shape index (κ2) is 7.74. The number of hydrogen-bond donors (Lipinski definition) is 0. The lowest BCUT2D eigenvalue weighted by atomic mass is 9.88. The van der Waals surface area contributed by atoms with Gasteiger partial charge < -0.3 is 0 Å². The quantitative estimate of drug-likeness (QED) is 0.501. The molecule has 120 valence electrons. The number of ketones is 1. The lowest BCUT2D eigenvalue weighted by Gasteiger charge is -2.15. The van der Waals surface area contributed by atoms with Gasteiger partial charge in [-0.25, -0.2) is 0 Å². The molecule has 0 radical (unpaired) electrons. The molecule has 0 saturated heterocycles. The summed E-state index contributed by atoms with van der Waals surface area (Å²) in [5.74, 6) is 0.483. The molecular formula is C23H22O. The average Bonchev–Trinajstić information content (AvgIpc) is 2.67. The van der Waals surface area contributed by atoms with E-state index in [1.54, 1.807) is 0 Å². The summed E-state index contributed by atoms with van der Waals surface area (Å²) in [5.41, 5.74) is 4.47. The van der Waals surface area contributed by atoms with Crippen molar-refractivity contribution in [2.24, 2.45) is 0 Å². The standard InChI is InChI=1S/C23H22O/c1-2-18(17-23(24)22-11-7-4-8-12-22)20-13-15-21(16-14-20)19-9-5-3-6-10-19/h3-16,18H,2,17H2,1H3/t18-/m1/s1. The van der Waals surface area contributed by atoms with E-state index in [-0.39, 0.29) is 11.7 Å². The van der Waals surface area contributed by atoms with E-state index in [0.29, 0.717) is 6.42 Å². The molecule has 0 aliphatic rings. The highest BCUT2D eigenvalue weighted by atomic mass is 16.1. The highest BCUT2D eigenvalue weighted by molar-refractivity contribution is 5.96. The Hall–Kier alpha value is -2.67. The second-order valence-corrected chi connectivity index (χ2v) is 6.09. The van der Waals surface area contributed by atoms with Crippen LogP contribution in [0.15, 0.2) is 84.9 Å². The number of benzene rings is 3. The third kappa shape index (κ3) is 3.80. The van der Waals surface area contributed by atoms with E-state index in [0.717, 1.165) is 12.0 Å². The van der Waals surface area contributed by atoms with Gasteiger partial charge in [0.05, 0.1) is 0 Å². The van der Waals surface area contributed by atoms with Gasteiger partial charge in [0.1, 0.15) is 0 Å². The Labute approximate surface area is 144 Å². The van der Waals surface area contributed by atoms with Gasteiger partial charge in [-0.05, 0) is 29.0 Å². The van der Waals surface area contributed by atoms with Gasteiger partial charge in [-0.3, -0.25) is 4.79 Å². The predicted molar refractivity (Wildman–Crippen MR) is 100 cm³/mol. The molecule has 0 aliphatic heterocycles. The Balaban J connectivity index is 1.75. The van der Waals surface area contributed by atoms with E-state index < -0.39 is 0 Å². The molecular weight excluding hydrogens is 292 g/mol. The molecule has 0 N–H and O–H groups in total. The Bertz CT molecular complexity index is 773. The maximum absolute atomic E-state index is 12.5. The van der Waals surface area contributed by atoms with Crippen molar-refractivity contribution in [2.45, 2.75) is 25.7 Å². The third-order valence-electron chi connectivity index (χ3n) is 4.51. The van der Waals surface area contributed by atoms with E-state index >= 15 is 0 Å². The minimum atomic E-state index is 0.217. The van der Waals surface area contributed by atoms with Gasteiger partial charge in [-0.2, -0.15) is 0 Å². The van der Waals surface area contributed by atoms with E-state index in [1.807, 2.05) is 36.4 Å². The van der Waals surface area contributed by atoms with Crippen molar-refractivity contribution in [3.63, 3.8) is 0 Å². The monoisotopic (exact) mass is 314 g/mol. The number of carbonyl (C=O) groups is 1. The molecule has 0 aliphatic carbocycles. The Morgan fingerprint density at radius 2 is 1.29 bits per heavy atom. The van der Waals surface area contributed by atoms with Gasteiger partial charge in [0, 0.05) is 12.0 Å². The van der Waals surface area contributed by atoms with Crippen LogP contribution in [0.1, 0.15) is 41.6 Å². The predicted octanol–water partition coefficient (Wildman–Crippen LogP) is 6.12. The highest BCUT2D eigenvalue weighted by Crippen LogP contribution is 2.28. The summed E-state index contributed by atoms with van der Waals surface area (Å²) in [5, 5.41) is 0. The smallest absolute Gasteiger partial charge is 0.163 e. The summed E-state index contributed by atoms with van der Waals surface area (Å²) in [4.78, 5) is 12.5. The van der Waals surface area contributed by atoms with Crippen LogP contribution in [0.25, 0.3) is 11.1 Å². The summed E-state index contributed by atoms with van der Waals surface area (Å²) >= 11 is 0. The molecule has 0 saturated carbocycles. The van der Waals surface area contributed by atoms with Gasteiger partial charge in [-0.15, -0.1) is 0 Å². The Morgan fingerprint density at radius 1 is 0.750 bits per heavy atom. The van der Waals surface area contributed by atoms with Crippen LogP contribution in [0.4, 0.5) is 0 Å². The molecule has 1 atom stereocenters. The van der Waals surface area contributed by atoms with Gasteiger partial charge in [0.2, 0.25) is 0 Å². The summed E-state index contributed by atoms with van der Waals surface area (Å²) < 4.78 is 0. The maximum atomic E-state index is 12.5. The molecule has 0 unspecified atom stereocenters. The molecule has 3 rings (SSSR count). The summed E-state index contributed by atoms with van der Waals surface area (Å²) in [7, 11) is 0. The average molecular weight is 314 g/mol. The minimum absolute atomic E-state index is 0.217. The van der Waals surface area contributed by atoms with E-state index in [4.69, 9.17) is 0 Å². The van der Waals surface area contributed by atoms with Gasteiger partial charge in [0.25, 0.3) is 0 Å². The largest absolute Gasteiger partial charge is 0.294 e. The summed E-state index contributed by atoms with van der Waals surface area (Å²) in [6.45, 7) is 2.15. The molecule has 0 amide bonds. The molecule has 1 nitrogen and oxygen atoms in total. The van der Waals surface area contributed by atoms with Crippen molar-refractivity contribution < 1.29 is 4.79 Å². The Kier molecular flexibility index (Phi) is 5.22. The Morgan fingerprint density at radius 3 is 1.88 bits per heavy atom. The fourth-order valence-electron chi connectivity index (χ4n) is 3.04. The zero-order valence-corrected chi connectivity index (χ0v) is 14.0. The van der Waals surface area contributed by atoms with Crippen molar-refractivity contribution in [1.29, 1.82) is 0 Å². The summed E-state index contributed by atoms with van der Waals surface area (Å²) in [6, 6.07) is 28.6. The number of carbonyl (C=O) groups excluding carboxylic acids is 1. The van der Waals surface area contributed by atoms with Crippen molar-refractivity contribution in [1.82, 2.24) is 0 Å². The minimum Gasteiger partial charge on any atom is -0.294 e. The van der Waals surface area contributed by atoms with Crippen LogP contribution in [0.2, 0.25) is 0 Å². The highest BCUT2D eigenvalue weighted by Gasteiger charge is 2.15. The maximum Gasteiger partial charge on any atom is 0.163 e. The number of hydrogen-bond acceptors (Lipinski definition) is 1. The zero-order chi connectivity index (χ0) is 16.8. The number of Topliss-reactive ketones (excluding diaryl/α,β-unsaturated/α-hetero) is 1. The molecule has 3 aromatic carbocycles. The molecule has 0 fully saturated rings. The van der Waals surface area contributed by atoms with Crippen LogP contribution in [0.5, 0.6) is 0 Å². The van der Waals surface area contributed by atoms with Crippen LogP contribution in [-0.4, -0.2) is 5.78 Å². The van der Waals surface area contributed by atoms with Crippen LogP contribution in [0, 0.1) is 0 Å². The van der Waals surface area contributed by atoms with Gasteiger partial charge in [-0.1, -0.05) is 91.9 Å². The normalized spacial score (nSPS) is 11.9. The summed E-state index contributed by atoms with van der Waals surface area (Å²) in [6.07, 6.45) is 1.52. The molecule has 0 heterocycles. The topological polar surface area (TPSA) is 17.1 Å². The fourth-order valence-corrected chi connectivity index (χ4v) is 3.04. The number of rotatable bonds is 6. The second-order valence-electron chi connectivity index (χ2n) is 6.09. The van der Waals surface area contributed by atoms with Crippen molar-refractivity contribution in [2.75, 3.05) is 0 Å². The van der Waals surface area contributed by atoms with Crippen LogP contribution in [0.3, 0.4) is 0 Å². The SMILES string of the molecule is CC[C@H](CC(=O)c1ccccc1)c1ccc(-c2ccccc2)cc1. The van der Waals surface area contributed by atoms with Gasteiger partial charge >= 0.3 is 0 Å². The van der Waals surface area contributed by atoms with Crippen molar-refractivity contribution >= 4 is 5.78 Å². The first-order valence-corrected chi connectivity index (χ1v) is 8.51. The molecule has 3 aromatic rings. The van der Waals surface area contributed by atoms with Crippen LogP contribution < -0.4 is 0 Å². The van der Waals surface area contributed by atoms with E-state index in [1.165, 1.54) is 16.7 Å². The van der Waals surface area contributed by atoms with E-state index in [9.17, 15) is 4.79 Å². The van der Waals surface area contributed by atoms with E-state index in [2.05, 4.69) is 55.5 Å². The van der Waals surface area contributed by atoms with Crippen molar-refractivity contribution in [3.05, 3.63) is 96.1 Å². The third-order valence-corrected chi connectivity index (χ3v) is 4.51. The molecule has 0 aromatic heterocycles. The fraction of sp³-hybridized carbons (Fsp3) is 0.174. The van der Waals surface area contributed by atoms with Gasteiger partial charge in [0.15, 0.2) is 5.78 Å². The lowest BCUT2D eigenvalue weighted by Crippen LogP contribution is -2.07. The molecule has 0 spiro atoms. The van der Waals surface area contributed by atoms with Crippen LogP contribution >= 0.6 is 0 Å². The lowest BCUT2D eigenvalue weighted by molar-refractivity contribution is 0.0973. The van der Waals surface area contributed by atoms with Crippen molar-refractivity contribution in [3.8, 4) is 11.1 Å². The molecule has 24 heavy (non-hydrogen) atoms. The first-order chi connectivity index (χ1) is 11.8. The molecule has 0 bridgehead atoms.